The lowest BCUT2D eigenvalue weighted by Gasteiger charge is -2.11. The quantitative estimate of drug-likeness (QED) is 0.332. The number of hydrogen-bond donors (Lipinski definition) is 1. The molecule has 1 fully saturated rings. The van der Waals surface area contributed by atoms with Crippen molar-refractivity contribution in [3.63, 3.8) is 0 Å². The van der Waals surface area contributed by atoms with Crippen molar-refractivity contribution < 1.29 is 18.3 Å². The molecule has 9 heteroatoms. The molecule has 0 aromatic heterocycles. The number of nitrogens with one attached hydrogen (secondary N) is 1. The van der Waals surface area contributed by atoms with E-state index in [9.17, 15) is 13.6 Å². The Morgan fingerprint density at radius 2 is 1.56 bits per heavy atom. The zero-order chi connectivity index (χ0) is 22.7. The summed E-state index contributed by atoms with van der Waals surface area (Å²) in [6.07, 6.45) is 1.74. The van der Waals surface area contributed by atoms with Crippen LogP contribution in [0.3, 0.4) is 0 Å². The molecule has 1 N–H and O–H groups in total. The predicted octanol–water partition coefficient (Wildman–Crippen LogP) is 6.96. The van der Waals surface area contributed by atoms with Gasteiger partial charge in [0.1, 0.15) is 24.0 Å². The van der Waals surface area contributed by atoms with Gasteiger partial charge in [-0.05, 0) is 109 Å². The first-order chi connectivity index (χ1) is 15.4. The first-order valence-corrected chi connectivity index (χ1v) is 11.7. The van der Waals surface area contributed by atoms with Crippen LogP contribution in [-0.4, -0.2) is 11.1 Å². The first-order valence-electron chi connectivity index (χ1n) is 9.29. The molecule has 32 heavy (non-hydrogen) atoms. The highest BCUT2D eigenvalue weighted by Crippen LogP contribution is 2.37. The Hall–Kier alpha value is -2.49. The Morgan fingerprint density at radius 3 is 2.19 bits per heavy atom. The molecule has 1 amide bonds. The summed E-state index contributed by atoms with van der Waals surface area (Å²) in [4.78, 5) is 17.1. The Balaban J connectivity index is 1.49. The number of carbonyl (C=O) groups excluding carboxylic acids is 1. The molecule has 1 aliphatic heterocycles. The molecule has 3 aromatic carbocycles. The number of benzene rings is 3. The van der Waals surface area contributed by atoms with Crippen molar-refractivity contribution in [3.05, 3.63) is 97.3 Å². The van der Waals surface area contributed by atoms with Gasteiger partial charge in [-0.2, -0.15) is 0 Å². The van der Waals surface area contributed by atoms with E-state index in [2.05, 4.69) is 42.2 Å². The number of rotatable bonds is 5. The van der Waals surface area contributed by atoms with E-state index in [-0.39, 0.29) is 24.1 Å². The highest BCUT2D eigenvalue weighted by molar-refractivity contribution is 9.11. The first kappa shape index (κ1) is 22.7. The second-order valence-electron chi connectivity index (χ2n) is 6.69. The smallest absolute Gasteiger partial charge is 0.264 e. The Bertz CT molecular complexity index is 1210. The van der Waals surface area contributed by atoms with Gasteiger partial charge < -0.3 is 10.1 Å². The summed E-state index contributed by atoms with van der Waals surface area (Å²) < 4.78 is 33.4. The van der Waals surface area contributed by atoms with Gasteiger partial charge in [-0.25, -0.2) is 13.8 Å². The SMILES string of the molecule is O=C1NC(=Nc2ccc(F)cc2)S/C1=C/c1cc(Br)c(OCc2ccc(F)cc2)c(Br)c1. The molecule has 1 heterocycles. The second-order valence-corrected chi connectivity index (χ2v) is 9.43. The molecule has 4 nitrogen and oxygen atoms in total. The van der Waals surface area contributed by atoms with Crippen molar-refractivity contribution in [3.8, 4) is 5.75 Å². The molecule has 0 spiro atoms. The van der Waals surface area contributed by atoms with E-state index in [0.717, 1.165) is 11.1 Å². The maximum Gasteiger partial charge on any atom is 0.264 e. The third-order valence-corrected chi connectivity index (χ3v) is 6.41. The number of amidine groups is 1. The van der Waals surface area contributed by atoms with Crippen molar-refractivity contribution in [2.75, 3.05) is 0 Å². The van der Waals surface area contributed by atoms with Crippen molar-refractivity contribution in [2.24, 2.45) is 4.99 Å². The van der Waals surface area contributed by atoms with Crippen LogP contribution in [0.15, 0.2) is 79.5 Å². The minimum atomic E-state index is -0.348. The van der Waals surface area contributed by atoms with Crippen molar-refractivity contribution in [2.45, 2.75) is 6.61 Å². The van der Waals surface area contributed by atoms with E-state index in [1.54, 1.807) is 18.2 Å². The topological polar surface area (TPSA) is 50.7 Å². The molecule has 1 saturated heterocycles. The third kappa shape index (κ3) is 5.65. The summed E-state index contributed by atoms with van der Waals surface area (Å²) >= 11 is 8.21. The number of aliphatic imine (C=N–C) groups is 1. The predicted molar refractivity (Wildman–Crippen MR) is 130 cm³/mol. The van der Waals surface area contributed by atoms with Crippen LogP contribution in [0.5, 0.6) is 5.75 Å². The molecular formula is C23H14Br2F2N2O2S. The normalized spacial score (nSPS) is 15.9. The van der Waals surface area contributed by atoms with Gasteiger partial charge in [-0.15, -0.1) is 0 Å². The summed E-state index contributed by atoms with van der Waals surface area (Å²) in [6.45, 7) is 0.277. The van der Waals surface area contributed by atoms with E-state index in [1.165, 1.54) is 48.2 Å². The number of amides is 1. The maximum absolute atomic E-state index is 13.1. The van der Waals surface area contributed by atoms with Crippen molar-refractivity contribution in [1.29, 1.82) is 0 Å². The Morgan fingerprint density at radius 1 is 0.969 bits per heavy atom. The molecule has 0 saturated carbocycles. The number of thioether (sulfide) groups is 1. The van der Waals surface area contributed by atoms with E-state index in [0.29, 0.717) is 30.5 Å². The summed E-state index contributed by atoms with van der Waals surface area (Å²) in [5.74, 6) is -0.314. The Kier molecular flexibility index (Phi) is 7.07. The van der Waals surface area contributed by atoms with Crippen LogP contribution < -0.4 is 10.1 Å². The maximum atomic E-state index is 13.1. The fourth-order valence-corrected chi connectivity index (χ4v) is 5.09. The number of nitrogens with zero attached hydrogens (tertiary/aromatic N) is 1. The molecule has 1 aliphatic rings. The summed E-state index contributed by atoms with van der Waals surface area (Å²) in [5, 5.41) is 3.13. The van der Waals surface area contributed by atoms with Crippen LogP contribution >= 0.6 is 43.6 Å². The van der Waals surface area contributed by atoms with Gasteiger partial charge in [0.2, 0.25) is 0 Å². The molecular weight excluding hydrogens is 566 g/mol. The number of hydrogen-bond acceptors (Lipinski definition) is 4. The van der Waals surface area contributed by atoms with E-state index >= 15 is 0 Å². The molecule has 0 radical (unpaired) electrons. The zero-order valence-corrected chi connectivity index (χ0v) is 20.2. The monoisotopic (exact) mass is 578 g/mol. The second kappa shape index (κ2) is 9.97. The number of carbonyl (C=O) groups is 1. The van der Waals surface area contributed by atoms with Crippen molar-refractivity contribution in [1.82, 2.24) is 5.32 Å². The molecule has 3 aromatic rings. The summed E-state index contributed by atoms with van der Waals surface area (Å²) in [7, 11) is 0. The average molecular weight is 580 g/mol. The van der Waals surface area contributed by atoms with E-state index in [4.69, 9.17) is 4.74 Å². The minimum Gasteiger partial charge on any atom is -0.487 e. The lowest BCUT2D eigenvalue weighted by atomic mass is 10.2. The minimum absolute atomic E-state index is 0.264. The van der Waals surface area contributed by atoms with E-state index in [1.807, 2.05) is 12.1 Å². The van der Waals surface area contributed by atoms with Gasteiger partial charge in [0, 0.05) is 0 Å². The van der Waals surface area contributed by atoms with Crippen LogP contribution in [0.2, 0.25) is 0 Å². The molecule has 4 rings (SSSR count). The molecule has 0 aliphatic carbocycles. The van der Waals surface area contributed by atoms with Crippen LogP contribution in [0, 0.1) is 11.6 Å². The largest absolute Gasteiger partial charge is 0.487 e. The lowest BCUT2D eigenvalue weighted by molar-refractivity contribution is -0.115. The molecule has 0 unspecified atom stereocenters. The average Bonchev–Trinajstić information content (AvgIpc) is 3.09. The van der Waals surface area contributed by atoms with Crippen LogP contribution in [0.4, 0.5) is 14.5 Å². The number of halogens is 4. The fraction of sp³-hybridized carbons (Fsp3) is 0.0435. The summed E-state index contributed by atoms with van der Waals surface area (Å²) in [6, 6.07) is 15.5. The zero-order valence-electron chi connectivity index (χ0n) is 16.2. The van der Waals surface area contributed by atoms with Crippen molar-refractivity contribution >= 4 is 66.5 Å². The van der Waals surface area contributed by atoms with Gasteiger partial charge >= 0.3 is 0 Å². The molecule has 162 valence electrons. The summed E-state index contributed by atoms with van der Waals surface area (Å²) in [5.41, 5.74) is 2.16. The Labute approximate surface area is 204 Å². The fourth-order valence-electron chi connectivity index (χ4n) is 2.80. The van der Waals surface area contributed by atoms with Crippen LogP contribution in [-0.2, 0) is 11.4 Å². The van der Waals surface area contributed by atoms with E-state index < -0.39 is 0 Å². The lowest BCUT2D eigenvalue weighted by Crippen LogP contribution is -2.19. The molecule has 0 atom stereocenters. The van der Waals surface area contributed by atoms with Gasteiger partial charge in [0.05, 0.1) is 19.5 Å². The van der Waals surface area contributed by atoms with Gasteiger partial charge in [-0.3, -0.25) is 4.79 Å². The van der Waals surface area contributed by atoms with Gasteiger partial charge in [0.15, 0.2) is 5.17 Å². The standard InChI is InChI=1S/C23H14Br2F2N2O2S/c24-18-9-14(10-19(25)21(18)31-12-13-1-3-15(26)4-2-13)11-20-22(30)29-23(32-20)28-17-7-5-16(27)6-8-17/h1-11H,12H2,(H,28,29,30)/b20-11+. The highest BCUT2D eigenvalue weighted by Gasteiger charge is 2.24. The third-order valence-electron chi connectivity index (χ3n) is 4.32. The van der Waals surface area contributed by atoms with Crippen LogP contribution in [0.1, 0.15) is 11.1 Å². The van der Waals surface area contributed by atoms with Gasteiger partial charge in [-0.1, -0.05) is 12.1 Å². The molecule has 0 bridgehead atoms. The highest BCUT2D eigenvalue weighted by atomic mass is 79.9. The van der Waals surface area contributed by atoms with Gasteiger partial charge in [0.25, 0.3) is 5.91 Å². The number of ether oxygens (including phenoxy) is 1. The van der Waals surface area contributed by atoms with Crippen LogP contribution in [0.25, 0.3) is 6.08 Å².